The first-order valence-corrected chi connectivity index (χ1v) is 13.6. The van der Waals surface area contributed by atoms with Gasteiger partial charge in [-0.25, -0.2) is 4.68 Å². The van der Waals surface area contributed by atoms with Gasteiger partial charge in [-0.05, 0) is 80.6 Å². The Morgan fingerprint density at radius 2 is 1.71 bits per heavy atom. The van der Waals surface area contributed by atoms with Crippen molar-refractivity contribution in [2.75, 3.05) is 19.1 Å². The Morgan fingerprint density at radius 1 is 1.06 bits per heavy atom. The topological polar surface area (TPSA) is 110 Å². The molecule has 8 nitrogen and oxygen atoms in total. The van der Waals surface area contributed by atoms with E-state index in [2.05, 4.69) is 52.8 Å². The summed E-state index contributed by atoms with van der Waals surface area (Å²) in [5, 5.41) is 37.0. The van der Waals surface area contributed by atoms with Crippen LogP contribution in [0.3, 0.4) is 0 Å². The van der Waals surface area contributed by atoms with Crippen LogP contribution in [0.1, 0.15) is 30.7 Å². The van der Waals surface area contributed by atoms with E-state index in [1.54, 1.807) is 4.68 Å². The second kappa shape index (κ2) is 12.9. The molecule has 0 aliphatic carbocycles. The summed E-state index contributed by atoms with van der Waals surface area (Å²) in [5.74, 6) is 1.50. The van der Waals surface area contributed by atoms with Gasteiger partial charge in [0.1, 0.15) is 46.3 Å². The zero-order valence-electron chi connectivity index (χ0n) is 19.4. The van der Waals surface area contributed by atoms with Gasteiger partial charge in [0.25, 0.3) is 0 Å². The summed E-state index contributed by atoms with van der Waals surface area (Å²) in [5.41, 5.74) is 2.46. The summed E-state index contributed by atoms with van der Waals surface area (Å²) < 4.78 is 14.6. The average molecular weight is 724 g/mol. The van der Waals surface area contributed by atoms with Crippen LogP contribution in [-0.2, 0) is 18.6 Å². The van der Waals surface area contributed by atoms with Crippen molar-refractivity contribution in [3.63, 3.8) is 0 Å². The first-order chi connectivity index (χ1) is 16.6. The van der Waals surface area contributed by atoms with E-state index in [0.717, 1.165) is 14.7 Å². The molecule has 3 rings (SSSR count). The van der Waals surface area contributed by atoms with E-state index in [1.807, 2.05) is 59.0 Å². The molecule has 0 amide bonds. The lowest BCUT2D eigenvalue weighted by Gasteiger charge is -2.27. The molecule has 1 heterocycles. The molecule has 0 spiro atoms. The van der Waals surface area contributed by atoms with Crippen LogP contribution in [0.4, 0.5) is 0 Å². The van der Waals surface area contributed by atoms with Crippen LogP contribution >= 0.6 is 56.8 Å². The highest BCUT2D eigenvalue weighted by Crippen LogP contribution is 2.35. The maximum Gasteiger partial charge on any atom is 0.132 e. The second-order valence-electron chi connectivity index (χ2n) is 8.55. The molecule has 0 fully saturated rings. The zero-order chi connectivity index (χ0) is 25.6. The third-order valence-corrected chi connectivity index (χ3v) is 7.93. The summed E-state index contributed by atoms with van der Waals surface area (Å²) in [6.07, 6.45) is -1.47. The summed E-state index contributed by atoms with van der Waals surface area (Å²) in [4.78, 5) is 0. The van der Waals surface area contributed by atoms with E-state index in [1.165, 1.54) is 0 Å². The number of benzene rings is 2. The molecule has 190 valence electrons. The lowest BCUT2D eigenvalue weighted by Crippen LogP contribution is -2.25. The first-order valence-electron chi connectivity index (χ1n) is 10.9. The molecule has 3 aromatic rings. The Kier molecular flexibility index (Phi) is 10.4. The number of aliphatic hydroxyl groups excluding tert-OH is 3. The minimum absolute atomic E-state index is 0.102. The molecule has 2 unspecified atom stereocenters. The molecule has 35 heavy (non-hydrogen) atoms. The summed E-state index contributed by atoms with van der Waals surface area (Å²) in [7, 11) is 0. The zero-order valence-corrected chi connectivity index (χ0v) is 24.4. The highest BCUT2D eigenvalue weighted by atomic mass is 127. The van der Waals surface area contributed by atoms with Gasteiger partial charge in [0.2, 0.25) is 0 Å². The third kappa shape index (κ3) is 7.41. The van der Waals surface area contributed by atoms with Gasteiger partial charge in [-0.2, -0.15) is 0 Å². The molecule has 2 atom stereocenters. The van der Waals surface area contributed by atoms with E-state index in [-0.39, 0.29) is 37.7 Å². The molecule has 0 bridgehead atoms. The van der Waals surface area contributed by atoms with Crippen molar-refractivity contribution in [2.45, 2.75) is 44.6 Å². The van der Waals surface area contributed by atoms with E-state index >= 15 is 0 Å². The van der Waals surface area contributed by atoms with Gasteiger partial charge in [0, 0.05) is 5.41 Å². The van der Waals surface area contributed by atoms with Crippen LogP contribution in [-0.4, -0.2) is 61.6 Å². The van der Waals surface area contributed by atoms with Gasteiger partial charge < -0.3 is 24.8 Å². The van der Waals surface area contributed by atoms with Gasteiger partial charge >= 0.3 is 0 Å². The smallest absolute Gasteiger partial charge is 0.132 e. The Hall–Kier alpha value is -1.19. The molecule has 1 aromatic heterocycles. The number of rotatable bonds is 12. The third-order valence-electron chi connectivity index (χ3n) is 5.55. The lowest BCUT2D eigenvalue weighted by molar-refractivity contribution is 0.0881. The van der Waals surface area contributed by atoms with Crippen LogP contribution in [0, 0.1) is 7.27 Å². The van der Waals surface area contributed by atoms with Crippen LogP contribution in [0.25, 0.3) is 0 Å². The molecular formula is C24H28ClI2N3O5. The van der Waals surface area contributed by atoms with E-state index in [4.69, 9.17) is 21.1 Å². The fraction of sp³-hybridized carbons (Fsp3) is 0.417. The Bertz CT molecular complexity index is 1110. The highest BCUT2D eigenvalue weighted by molar-refractivity contribution is 14.1. The maximum absolute atomic E-state index is 10.3. The quantitative estimate of drug-likeness (QED) is 0.193. The van der Waals surface area contributed by atoms with Gasteiger partial charge in [-0.1, -0.05) is 37.3 Å². The highest BCUT2D eigenvalue weighted by Gasteiger charge is 2.24. The number of hydrogen-bond donors (Lipinski definition) is 3. The number of ether oxygens (including phenoxy) is 2. The lowest BCUT2D eigenvalue weighted by atomic mass is 9.78. The largest absolute Gasteiger partial charge is 0.491 e. The van der Waals surface area contributed by atoms with Crippen LogP contribution in [0.2, 0.25) is 0 Å². The summed E-state index contributed by atoms with van der Waals surface area (Å²) in [6, 6.07) is 13.8. The molecular weight excluding hydrogens is 696 g/mol. The summed E-state index contributed by atoms with van der Waals surface area (Å²) >= 11 is 9.91. The van der Waals surface area contributed by atoms with Crippen molar-refractivity contribution >= 4 is 56.8 Å². The molecule has 0 radical (unpaired) electrons. The maximum atomic E-state index is 10.3. The molecule has 0 saturated heterocycles. The Labute approximate surface area is 236 Å². The predicted octanol–water partition coefficient (Wildman–Crippen LogP) is 3.72. The number of aliphatic hydroxyl groups is 3. The van der Waals surface area contributed by atoms with Crippen molar-refractivity contribution in [1.29, 1.82) is 0 Å². The monoisotopic (exact) mass is 723 g/mol. The minimum atomic E-state index is -0.777. The fourth-order valence-corrected chi connectivity index (χ4v) is 4.70. The molecule has 0 aliphatic rings. The van der Waals surface area contributed by atoms with Gasteiger partial charge in [0.05, 0.1) is 22.6 Å². The standard InChI is InChI=1S/C24H28ClI2N3O5/c1-24(2,16-5-8-22(20(26)9-16)35-13-17(32)10-25)15-3-6-19(7-4-15)34-14-18(33)11-30-23(27)21(12-31)28-29-30/h3-9,17-18,31-33H,10-14H2,1-2H3/i27-4. The number of hydrogen-bond acceptors (Lipinski definition) is 7. The van der Waals surface area contributed by atoms with E-state index in [9.17, 15) is 15.3 Å². The Balaban J connectivity index is 1.60. The van der Waals surface area contributed by atoms with E-state index < -0.39 is 12.2 Å². The fourth-order valence-electron chi connectivity index (χ4n) is 3.37. The van der Waals surface area contributed by atoms with Crippen LogP contribution < -0.4 is 9.47 Å². The number of alkyl halides is 1. The Morgan fingerprint density at radius 3 is 2.31 bits per heavy atom. The normalized spacial score (nSPS) is 13.5. The first kappa shape index (κ1) is 28.4. The number of halogens is 3. The molecule has 0 saturated carbocycles. The van der Waals surface area contributed by atoms with Crippen LogP contribution in [0.5, 0.6) is 11.5 Å². The number of aromatic nitrogens is 3. The molecule has 11 heteroatoms. The van der Waals surface area contributed by atoms with Crippen LogP contribution in [0.15, 0.2) is 42.5 Å². The van der Waals surface area contributed by atoms with Gasteiger partial charge in [-0.15, -0.1) is 16.7 Å². The van der Waals surface area contributed by atoms with E-state index in [0.29, 0.717) is 20.9 Å². The molecule has 2 aromatic carbocycles. The SMILES string of the molecule is CC(C)(c1ccc(OCC(O)Cn2nnc(CO)c2[123I])cc1)c1ccc(OCC(O)CCl)c(I)c1. The average Bonchev–Trinajstić information content (AvgIpc) is 3.20. The van der Waals surface area contributed by atoms with Crippen molar-refractivity contribution < 1.29 is 24.8 Å². The number of nitrogens with zero attached hydrogens (tertiary/aromatic N) is 3. The summed E-state index contributed by atoms with van der Waals surface area (Å²) in [6.45, 7) is 4.58. The van der Waals surface area contributed by atoms with Crippen molar-refractivity contribution in [1.82, 2.24) is 15.0 Å². The minimum Gasteiger partial charge on any atom is -0.491 e. The second-order valence-corrected chi connectivity index (χ2v) is 11.0. The molecule has 3 N–H and O–H groups in total. The van der Waals surface area contributed by atoms with Crippen molar-refractivity contribution in [3.8, 4) is 11.5 Å². The predicted molar refractivity (Wildman–Crippen MR) is 150 cm³/mol. The van der Waals surface area contributed by atoms with Crippen molar-refractivity contribution in [2.24, 2.45) is 0 Å². The van der Waals surface area contributed by atoms with Crippen molar-refractivity contribution in [3.05, 3.63) is 66.6 Å². The van der Waals surface area contributed by atoms with Gasteiger partial charge in [0.15, 0.2) is 0 Å². The molecule has 0 aliphatic heterocycles. The van der Waals surface area contributed by atoms with Gasteiger partial charge in [-0.3, -0.25) is 0 Å².